The fraction of sp³-hybridized carbons (Fsp3) is 0.381. The number of hydrogen-bond donors (Lipinski definition) is 2. The number of ether oxygens (including phenoxy) is 1. The van der Waals surface area contributed by atoms with Crippen LogP contribution in [0.15, 0.2) is 30.3 Å². The normalized spacial score (nSPS) is 24.3. The number of anilines is 1. The minimum atomic E-state index is -0.932. The quantitative estimate of drug-likeness (QED) is 0.814. The molecule has 5 heteroatoms. The second-order valence-electron chi connectivity index (χ2n) is 7.28. The van der Waals surface area contributed by atoms with Gasteiger partial charge in [0, 0.05) is 23.8 Å². The van der Waals surface area contributed by atoms with Crippen LogP contribution in [0.25, 0.3) is 0 Å². The molecule has 1 saturated heterocycles. The third kappa shape index (κ3) is 2.76. The fourth-order valence-electron chi connectivity index (χ4n) is 4.27. The van der Waals surface area contributed by atoms with Gasteiger partial charge in [-0.3, -0.25) is 0 Å². The Labute approximate surface area is 152 Å². The molecule has 0 aliphatic carbocycles. The van der Waals surface area contributed by atoms with Gasteiger partial charge in [0.15, 0.2) is 0 Å². The average molecular weight is 355 g/mol. The van der Waals surface area contributed by atoms with E-state index in [-0.39, 0.29) is 29.4 Å². The topological polar surface area (TPSA) is 58.6 Å². The highest BCUT2D eigenvalue weighted by molar-refractivity contribution is 5.88. The predicted octanol–water partition coefficient (Wildman–Crippen LogP) is 4.78. The number of benzene rings is 2. The lowest BCUT2D eigenvalue weighted by Gasteiger charge is -2.44. The zero-order valence-corrected chi connectivity index (χ0v) is 14.9. The van der Waals surface area contributed by atoms with Crippen LogP contribution >= 0.6 is 0 Å². The third-order valence-electron chi connectivity index (χ3n) is 5.60. The van der Waals surface area contributed by atoms with Gasteiger partial charge in [-0.05, 0) is 67.6 Å². The fourth-order valence-corrected chi connectivity index (χ4v) is 4.27. The molecule has 136 valence electrons. The van der Waals surface area contributed by atoms with Gasteiger partial charge in [-0.2, -0.15) is 0 Å². The van der Waals surface area contributed by atoms with Crippen LogP contribution in [0.1, 0.15) is 57.6 Å². The standard InChI is InChI=1S/C21H22FNO3/c1-11-8-13(21(24)25)5-6-14(11)19-15-4-3-7-26-20(15)16-9-12(2)17(22)10-18(16)23-19/h5-6,8-10,15,19-20,23H,3-4,7H2,1-2H3,(H,24,25)/t15-,19-,20-/m1/s1. The zero-order valence-electron chi connectivity index (χ0n) is 14.9. The van der Waals surface area contributed by atoms with Crippen molar-refractivity contribution in [2.45, 2.75) is 38.8 Å². The van der Waals surface area contributed by atoms with Crippen LogP contribution in [0.2, 0.25) is 0 Å². The molecule has 26 heavy (non-hydrogen) atoms. The Morgan fingerprint density at radius 3 is 2.73 bits per heavy atom. The van der Waals surface area contributed by atoms with Crippen LogP contribution in [-0.2, 0) is 4.74 Å². The summed E-state index contributed by atoms with van der Waals surface area (Å²) in [6.07, 6.45) is 1.93. The van der Waals surface area contributed by atoms with Crippen molar-refractivity contribution in [2.75, 3.05) is 11.9 Å². The number of carbonyl (C=O) groups is 1. The van der Waals surface area contributed by atoms with E-state index in [2.05, 4.69) is 5.32 Å². The van der Waals surface area contributed by atoms with E-state index in [0.29, 0.717) is 12.2 Å². The second-order valence-corrected chi connectivity index (χ2v) is 7.28. The molecule has 1 fully saturated rings. The van der Waals surface area contributed by atoms with Gasteiger partial charge in [0.25, 0.3) is 0 Å². The second kappa shape index (κ2) is 6.40. The summed E-state index contributed by atoms with van der Waals surface area (Å²) in [6.45, 7) is 4.41. The highest BCUT2D eigenvalue weighted by atomic mass is 19.1. The van der Waals surface area contributed by atoms with Gasteiger partial charge < -0.3 is 15.2 Å². The summed E-state index contributed by atoms with van der Waals surface area (Å²) in [6, 6.07) is 8.61. The van der Waals surface area contributed by atoms with Crippen LogP contribution < -0.4 is 5.32 Å². The zero-order chi connectivity index (χ0) is 18.4. The molecule has 2 aliphatic heterocycles. The van der Waals surface area contributed by atoms with Crippen molar-refractivity contribution in [1.82, 2.24) is 0 Å². The molecule has 0 spiro atoms. The lowest BCUT2D eigenvalue weighted by atomic mass is 9.76. The largest absolute Gasteiger partial charge is 0.478 e. The minimum absolute atomic E-state index is 0.0299. The molecule has 2 heterocycles. The first-order valence-electron chi connectivity index (χ1n) is 8.97. The summed E-state index contributed by atoms with van der Waals surface area (Å²) in [7, 11) is 0. The molecule has 0 bridgehead atoms. The number of hydrogen-bond acceptors (Lipinski definition) is 3. The van der Waals surface area contributed by atoms with Gasteiger partial charge >= 0.3 is 5.97 Å². The first-order chi connectivity index (χ1) is 12.5. The molecular formula is C21H22FNO3. The van der Waals surface area contributed by atoms with Gasteiger partial charge in [0.05, 0.1) is 17.7 Å². The molecule has 4 nitrogen and oxygen atoms in total. The summed E-state index contributed by atoms with van der Waals surface area (Å²) < 4.78 is 20.2. The Bertz CT molecular complexity index is 880. The Morgan fingerprint density at radius 2 is 2.00 bits per heavy atom. The number of fused-ring (bicyclic) bond motifs is 3. The SMILES string of the molecule is Cc1cc2c(cc1F)N[C@H](c1ccc(C(=O)O)cc1C)[C@H]1CCCO[C@@H]21. The Kier molecular flexibility index (Phi) is 4.19. The lowest BCUT2D eigenvalue weighted by Crippen LogP contribution is -2.36. The monoisotopic (exact) mass is 355 g/mol. The maximum atomic E-state index is 14.1. The van der Waals surface area contributed by atoms with E-state index in [4.69, 9.17) is 4.74 Å². The van der Waals surface area contributed by atoms with E-state index >= 15 is 0 Å². The van der Waals surface area contributed by atoms with Crippen LogP contribution in [0.5, 0.6) is 0 Å². The maximum Gasteiger partial charge on any atom is 0.335 e. The molecule has 0 saturated carbocycles. The number of nitrogens with one attached hydrogen (secondary N) is 1. The molecule has 2 aromatic carbocycles. The molecule has 2 aliphatic rings. The van der Waals surface area contributed by atoms with Crippen molar-refractivity contribution in [2.24, 2.45) is 5.92 Å². The molecule has 0 aromatic heterocycles. The van der Waals surface area contributed by atoms with Crippen LogP contribution in [-0.4, -0.2) is 17.7 Å². The molecule has 0 unspecified atom stereocenters. The summed E-state index contributed by atoms with van der Waals surface area (Å²) in [5.41, 5.74) is 4.65. The minimum Gasteiger partial charge on any atom is -0.478 e. The van der Waals surface area contributed by atoms with Crippen LogP contribution in [0, 0.1) is 25.6 Å². The number of halogens is 1. The Hall–Kier alpha value is -2.40. The molecule has 0 amide bonds. The average Bonchev–Trinajstić information content (AvgIpc) is 2.62. The number of aryl methyl sites for hydroxylation is 2. The lowest BCUT2D eigenvalue weighted by molar-refractivity contribution is -0.0382. The van der Waals surface area contributed by atoms with Crippen molar-refractivity contribution in [1.29, 1.82) is 0 Å². The van der Waals surface area contributed by atoms with E-state index < -0.39 is 5.97 Å². The number of carboxylic acid groups (broad SMARTS) is 1. The first-order valence-corrected chi connectivity index (χ1v) is 8.97. The number of rotatable bonds is 2. The van der Waals surface area contributed by atoms with Crippen LogP contribution in [0.4, 0.5) is 10.1 Å². The van der Waals surface area contributed by atoms with Crippen molar-refractivity contribution >= 4 is 11.7 Å². The van der Waals surface area contributed by atoms with Crippen molar-refractivity contribution in [3.63, 3.8) is 0 Å². The van der Waals surface area contributed by atoms with E-state index in [1.807, 2.05) is 19.1 Å². The molecule has 4 rings (SSSR count). The Morgan fingerprint density at radius 1 is 1.19 bits per heavy atom. The van der Waals surface area contributed by atoms with E-state index in [0.717, 1.165) is 35.2 Å². The van der Waals surface area contributed by atoms with E-state index in [1.165, 1.54) is 0 Å². The highest BCUT2D eigenvalue weighted by Crippen LogP contribution is 2.50. The van der Waals surface area contributed by atoms with E-state index in [1.54, 1.807) is 25.1 Å². The maximum absolute atomic E-state index is 14.1. The Balaban J connectivity index is 1.79. The third-order valence-corrected chi connectivity index (χ3v) is 5.60. The van der Waals surface area contributed by atoms with Gasteiger partial charge in [0.2, 0.25) is 0 Å². The predicted molar refractivity (Wildman–Crippen MR) is 97.1 cm³/mol. The highest BCUT2D eigenvalue weighted by Gasteiger charge is 2.40. The number of aromatic carboxylic acids is 1. The number of carboxylic acids is 1. The summed E-state index contributed by atoms with van der Waals surface area (Å²) in [5.74, 6) is -0.935. The first kappa shape index (κ1) is 17.0. The van der Waals surface area contributed by atoms with Crippen LogP contribution in [0.3, 0.4) is 0 Å². The van der Waals surface area contributed by atoms with Gasteiger partial charge in [-0.1, -0.05) is 6.07 Å². The smallest absolute Gasteiger partial charge is 0.335 e. The molecule has 3 atom stereocenters. The van der Waals surface area contributed by atoms with Gasteiger partial charge in [0.1, 0.15) is 5.82 Å². The molecular weight excluding hydrogens is 333 g/mol. The molecule has 2 N–H and O–H groups in total. The van der Waals surface area contributed by atoms with Crippen molar-refractivity contribution < 1.29 is 19.0 Å². The van der Waals surface area contributed by atoms with Gasteiger partial charge in [-0.15, -0.1) is 0 Å². The van der Waals surface area contributed by atoms with Gasteiger partial charge in [-0.25, -0.2) is 9.18 Å². The van der Waals surface area contributed by atoms with E-state index in [9.17, 15) is 14.3 Å². The van der Waals surface area contributed by atoms with Crippen molar-refractivity contribution in [3.05, 3.63) is 64.0 Å². The molecule has 0 radical (unpaired) electrons. The summed E-state index contributed by atoms with van der Waals surface area (Å²) in [4.78, 5) is 11.2. The molecule has 2 aromatic rings. The summed E-state index contributed by atoms with van der Waals surface area (Å²) >= 11 is 0. The van der Waals surface area contributed by atoms with Crippen molar-refractivity contribution in [3.8, 4) is 0 Å². The summed E-state index contributed by atoms with van der Waals surface area (Å²) in [5, 5.41) is 12.7.